The van der Waals surface area contributed by atoms with Crippen molar-refractivity contribution >= 4 is 29.5 Å². The Bertz CT molecular complexity index is 799. The first-order valence-electron chi connectivity index (χ1n) is 6.73. The van der Waals surface area contributed by atoms with Crippen molar-refractivity contribution in [3.8, 4) is 0 Å². The second kappa shape index (κ2) is 7.95. The zero-order valence-corrected chi connectivity index (χ0v) is 12.8. The number of nitrogens with one attached hydrogen (secondary N) is 2. The van der Waals surface area contributed by atoms with E-state index in [9.17, 15) is 14.4 Å². The van der Waals surface area contributed by atoms with E-state index in [2.05, 4.69) is 10.9 Å². The van der Waals surface area contributed by atoms with Crippen molar-refractivity contribution in [2.24, 2.45) is 0 Å². The van der Waals surface area contributed by atoms with Crippen LogP contribution in [-0.4, -0.2) is 16.4 Å². The maximum Gasteiger partial charge on any atom is 0.262 e. The molecule has 7 heteroatoms. The van der Waals surface area contributed by atoms with Gasteiger partial charge in [-0.05, 0) is 23.8 Å². The second-order valence-electron chi connectivity index (χ2n) is 4.56. The summed E-state index contributed by atoms with van der Waals surface area (Å²) in [5.74, 6) is -1.03. The number of hydrazine groups is 1. The first-order valence-corrected chi connectivity index (χ1v) is 7.11. The van der Waals surface area contributed by atoms with Crippen LogP contribution >= 0.6 is 11.6 Å². The van der Waals surface area contributed by atoms with E-state index >= 15 is 0 Å². The molecule has 2 rings (SSSR count). The van der Waals surface area contributed by atoms with E-state index in [4.69, 9.17) is 11.6 Å². The van der Waals surface area contributed by atoms with Crippen molar-refractivity contribution in [1.29, 1.82) is 0 Å². The van der Waals surface area contributed by atoms with Gasteiger partial charge in [-0.1, -0.05) is 35.9 Å². The molecular weight excluding hydrogens is 318 g/mol. The fourth-order valence-electron chi connectivity index (χ4n) is 1.73. The molecule has 0 saturated carbocycles. The average Bonchev–Trinajstić information content (AvgIpc) is 2.54. The van der Waals surface area contributed by atoms with Crippen LogP contribution < -0.4 is 16.4 Å². The summed E-state index contributed by atoms with van der Waals surface area (Å²) in [7, 11) is 0. The van der Waals surface area contributed by atoms with Gasteiger partial charge in [0.2, 0.25) is 0 Å². The van der Waals surface area contributed by atoms with Crippen LogP contribution in [0.15, 0.2) is 59.5 Å². The Kier molecular flexibility index (Phi) is 5.71. The van der Waals surface area contributed by atoms with Gasteiger partial charge in [0.05, 0.1) is 0 Å². The predicted molar refractivity (Wildman–Crippen MR) is 87.5 cm³/mol. The third-order valence-electron chi connectivity index (χ3n) is 2.86. The van der Waals surface area contributed by atoms with Crippen LogP contribution in [0.3, 0.4) is 0 Å². The molecule has 0 saturated heterocycles. The summed E-state index contributed by atoms with van der Waals surface area (Å²) in [5, 5.41) is 0.518. The Balaban J connectivity index is 1.85. The SMILES string of the molecule is O=C(/C=C/c1ccccc1Cl)NNC(=O)Cn1ccccc1=O. The molecule has 1 aromatic carbocycles. The van der Waals surface area contributed by atoms with E-state index in [0.717, 1.165) is 0 Å². The highest BCUT2D eigenvalue weighted by Gasteiger charge is 2.04. The van der Waals surface area contributed by atoms with Gasteiger partial charge in [-0.3, -0.25) is 25.2 Å². The van der Waals surface area contributed by atoms with Crippen LogP contribution in [-0.2, 0) is 16.1 Å². The number of halogens is 1. The lowest BCUT2D eigenvalue weighted by Crippen LogP contribution is -2.43. The minimum absolute atomic E-state index is 0.186. The fourth-order valence-corrected chi connectivity index (χ4v) is 1.93. The maximum atomic E-state index is 11.7. The van der Waals surface area contributed by atoms with Crippen molar-refractivity contribution in [2.45, 2.75) is 6.54 Å². The molecule has 0 fully saturated rings. The third kappa shape index (κ3) is 5.12. The number of pyridine rings is 1. The monoisotopic (exact) mass is 331 g/mol. The highest BCUT2D eigenvalue weighted by atomic mass is 35.5. The van der Waals surface area contributed by atoms with E-state index in [1.54, 1.807) is 36.4 Å². The Morgan fingerprint density at radius 1 is 1.09 bits per heavy atom. The number of hydrogen-bond donors (Lipinski definition) is 2. The van der Waals surface area contributed by atoms with Crippen LogP contribution in [0.25, 0.3) is 6.08 Å². The average molecular weight is 332 g/mol. The minimum Gasteiger partial charge on any atom is -0.306 e. The van der Waals surface area contributed by atoms with Crippen LogP contribution in [0.4, 0.5) is 0 Å². The Morgan fingerprint density at radius 3 is 2.57 bits per heavy atom. The highest BCUT2D eigenvalue weighted by Crippen LogP contribution is 2.15. The number of benzene rings is 1. The lowest BCUT2D eigenvalue weighted by atomic mass is 10.2. The molecule has 0 radical (unpaired) electrons. The number of amides is 2. The molecule has 0 spiro atoms. The Morgan fingerprint density at radius 2 is 1.83 bits per heavy atom. The van der Waals surface area contributed by atoms with Gasteiger partial charge in [0, 0.05) is 23.4 Å². The molecule has 118 valence electrons. The van der Waals surface area contributed by atoms with Crippen molar-refractivity contribution in [1.82, 2.24) is 15.4 Å². The molecule has 0 unspecified atom stereocenters. The number of carbonyl (C=O) groups excluding carboxylic acids is 2. The molecular formula is C16H14ClN3O3. The van der Waals surface area contributed by atoms with E-state index in [-0.39, 0.29) is 12.1 Å². The van der Waals surface area contributed by atoms with Gasteiger partial charge in [-0.25, -0.2) is 0 Å². The smallest absolute Gasteiger partial charge is 0.262 e. The summed E-state index contributed by atoms with van der Waals surface area (Å²) in [6.07, 6.45) is 4.27. The standard InChI is InChI=1S/C16H14ClN3O3/c17-13-6-2-1-5-12(13)8-9-14(21)18-19-15(22)11-20-10-4-3-7-16(20)23/h1-10H,11H2,(H,18,21)(H,19,22)/b9-8+. The molecule has 0 aliphatic rings. The van der Waals surface area contributed by atoms with E-state index in [1.165, 1.54) is 29.0 Å². The molecule has 2 N–H and O–H groups in total. The predicted octanol–water partition coefficient (Wildman–Crippen LogP) is 1.36. The zero-order valence-electron chi connectivity index (χ0n) is 12.0. The molecule has 6 nitrogen and oxygen atoms in total. The molecule has 0 atom stereocenters. The number of aromatic nitrogens is 1. The summed E-state index contributed by atoms with van der Waals surface area (Å²) < 4.78 is 1.22. The van der Waals surface area contributed by atoms with E-state index in [0.29, 0.717) is 10.6 Å². The second-order valence-corrected chi connectivity index (χ2v) is 4.97. The first kappa shape index (κ1) is 16.5. The third-order valence-corrected chi connectivity index (χ3v) is 3.20. The first-order chi connectivity index (χ1) is 11.1. The van der Waals surface area contributed by atoms with Gasteiger partial charge in [-0.2, -0.15) is 0 Å². The minimum atomic E-state index is -0.516. The molecule has 0 aliphatic heterocycles. The molecule has 2 aromatic rings. The lowest BCUT2D eigenvalue weighted by Gasteiger charge is -2.07. The number of nitrogens with zero attached hydrogens (tertiary/aromatic N) is 1. The van der Waals surface area contributed by atoms with Crippen molar-refractivity contribution in [3.63, 3.8) is 0 Å². The van der Waals surface area contributed by atoms with Crippen LogP contribution in [0, 0.1) is 0 Å². The van der Waals surface area contributed by atoms with Crippen LogP contribution in [0.5, 0.6) is 0 Å². The van der Waals surface area contributed by atoms with Gasteiger partial charge >= 0.3 is 0 Å². The lowest BCUT2D eigenvalue weighted by molar-refractivity contribution is -0.127. The van der Waals surface area contributed by atoms with Crippen LogP contribution in [0.1, 0.15) is 5.56 Å². The van der Waals surface area contributed by atoms with Crippen molar-refractivity contribution < 1.29 is 9.59 Å². The summed E-state index contributed by atoms with van der Waals surface area (Å²) in [6, 6.07) is 11.6. The Labute approximate surface area is 137 Å². The molecule has 0 aliphatic carbocycles. The fraction of sp³-hybridized carbons (Fsp3) is 0.0625. The largest absolute Gasteiger partial charge is 0.306 e. The molecule has 0 bridgehead atoms. The zero-order chi connectivity index (χ0) is 16.7. The molecule has 23 heavy (non-hydrogen) atoms. The molecule has 1 aromatic heterocycles. The van der Waals surface area contributed by atoms with Crippen molar-refractivity contribution in [2.75, 3.05) is 0 Å². The normalized spacial score (nSPS) is 10.5. The summed E-state index contributed by atoms with van der Waals surface area (Å²) >= 11 is 5.96. The van der Waals surface area contributed by atoms with Gasteiger partial charge in [-0.15, -0.1) is 0 Å². The topological polar surface area (TPSA) is 80.2 Å². The summed E-state index contributed by atoms with van der Waals surface area (Å²) in [4.78, 5) is 34.8. The number of carbonyl (C=O) groups is 2. The van der Waals surface area contributed by atoms with E-state index in [1.807, 2.05) is 0 Å². The molecule has 1 heterocycles. The number of hydrogen-bond acceptors (Lipinski definition) is 3. The van der Waals surface area contributed by atoms with Crippen LogP contribution in [0.2, 0.25) is 5.02 Å². The van der Waals surface area contributed by atoms with Gasteiger partial charge < -0.3 is 4.57 Å². The van der Waals surface area contributed by atoms with Gasteiger partial charge in [0.25, 0.3) is 17.4 Å². The summed E-state index contributed by atoms with van der Waals surface area (Å²) in [5.41, 5.74) is 4.84. The molecule has 2 amide bonds. The van der Waals surface area contributed by atoms with Gasteiger partial charge in [0.15, 0.2) is 0 Å². The Hall–Kier alpha value is -2.86. The highest BCUT2D eigenvalue weighted by molar-refractivity contribution is 6.32. The quantitative estimate of drug-likeness (QED) is 0.656. The van der Waals surface area contributed by atoms with Crippen molar-refractivity contribution in [3.05, 3.63) is 75.7 Å². The number of rotatable bonds is 4. The summed E-state index contributed by atoms with van der Waals surface area (Å²) in [6.45, 7) is -0.186. The maximum absolute atomic E-state index is 11.7. The van der Waals surface area contributed by atoms with Gasteiger partial charge in [0.1, 0.15) is 6.54 Å². The van der Waals surface area contributed by atoms with E-state index < -0.39 is 11.8 Å².